The first-order chi connectivity index (χ1) is 13.2. The Balaban J connectivity index is 1.84. The number of aromatic nitrogens is 4. The molecular formula is C22H24N4S. The highest BCUT2D eigenvalue weighted by molar-refractivity contribution is 7.99. The Morgan fingerprint density at radius 2 is 1.85 bits per heavy atom. The van der Waals surface area contributed by atoms with Gasteiger partial charge in [-0.2, -0.15) is 0 Å². The summed E-state index contributed by atoms with van der Waals surface area (Å²) in [5.74, 6) is 1.94. The van der Waals surface area contributed by atoms with E-state index in [0.717, 1.165) is 33.5 Å². The lowest BCUT2D eigenvalue weighted by atomic mass is 10.1. The Morgan fingerprint density at radius 1 is 1.04 bits per heavy atom. The molecule has 2 aromatic heterocycles. The number of unbranched alkanes of at least 4 members (excludes halogenated alkanes) is 1. The van der Waals surface area contributed by atoms with Gasteiger partial charge in [0.1, 0.15) is 0 Å². The molecular weight excluding hydrogens is 352 g/mol. The number of hydrogen-bond donors (Lipinski definition) is 1. The first-order valence-corrected chi connectivity index (χ1v) is 10.4. The van der Waals surface area contributed by atoms with E-state index >= 15 is 0 Å². The number of H-pyrrole nitrogens is 1. The molecule has 0 fully saturated rings. The maximum absolute atomic E-state index is 4.57. The molecule has 0 aliphatic heterocycles. The molecule has 0 saturated carbocycles. The van der Waals surface area contributed by atoms with E-state index in [-0.39, 0.29) is 0 Å². The number of aryl methyl sites for hydroxylation is 2. The lowest BCUT2D eigenvalue weighted by Gasteiger charge is -2.10. The molecule has 138 valence electrons. The second kappa shape index (κ2) is 7.61. The predicted octanol–water partition coefficient (Wildman–Crippen LogP) is 5.92. The predicted molar refractivity (Wildman–Crippen MR) is 114 cm³/mol. The highest BCUT2D eigenvalue weighted by atomic mass is 32.2. The van der Waals surface area contributed by atoms with Crippen molar-refractivity contribution in [3.8, 4) is 17.1 Å². The van der Waals surface area contributed by atoms with Crippen LogP contribution in [0.1, 0.15) is 31.0 Å². The van der Waals surface area contributed by atoms with Gasteiger partial charge in [0, 0.05) is 33.6 Å². The topological polar surface area (TPSA) is 46.5 Å². The molecule has 0 amide bonds. The maximum Gasteiger partial charge on any atom is 0.196 e. The highest BCUT2D eigenvalue weighted by Gasteiger charge is 2.17. The number of rotatable bonds is 6. The number of hydrogen-bond acceptors (Lipinski definition) is 3. The first kappa shape index (κ1) is 17.9. The van der Waals surface area contributed by atoms with Crippen LogP contribution in [0.15, 0.2) is 53.7 Å². The van der Waals surface area contributed by atoms with Crippen LogP contribution in [0.4, 0.5) is 0 Å². The number of fused-ring (bicyclic) bond motifs is 1. The molecule has 27 heavy (non-hydrogen) atoms. The molecule has 0 radical (unpaired) electrons. The molecule has 5 heteroatoms. The van der Waals surface area contributed by atoms with Crippen LogP contribution in [0.25, 0.3) is 28.0 Å². The summed E-state index contributed by atoms with van der Waals surface area (Å²) >= 11 is 1.78. The Bertz CT molecular complexity index is 1060. The van der Waals surface area contributed by atoms with Crippen LogP contribution < -0.4 is 0 Å². The van der Waals surface area contributed by atoms with Gasteiger partial charge in [0.15, 0.2) is 11.0 Å². The number of nitrogens with one attached hydrogen (secondary N) is 1. The zero-order valence-electron chi connectivity index (χ0n) is 16.0. The minimum atomic E-state index is 0.889. The molecule has 0 atom stereocenters. The summed E-state index contributed by atoms with van der Waals surface area (Å²) in [4.78, 5) is 3.44. The zero-order valence-corrected chi connectivity index (χ0v) is 16.8. The smallest absolute Gasteiger partial charge is 0.196 e. The fourth-order valence-electron chi connectivity index (χ4n) is 3.27. The molecule has 0 saturated heterocycles. The summed E-state index contributed by atoms with van der Waals surface area (Å²) < 4.78 is 2.18. The molecule has 0 aliphatic carbocycles. The molecule has 0 bridgehead atoms. The summed E-state index contributed by atoms with van der Waals surface area (Å²) in [6, 6.07) is 16.9. The van der Waals surface area contributed by atoms with Crippen LogP contribution in [-0.4, -0.2) is 25.5 Å². The molecule has 4 rings (SSSR count). The highest BCUT2D eigenvalue weighted by Crippen LogP contribution is 2.31. The molecule has 4 nitrogen and oxygen atoms in total. The van der Waals surface area contributed by atoms with Gasteiger partial charge in [-0.15, -0.1) is 10.2 Å². The minimum Gasteiger partial charge on any atom is -0.358 e. The van der Waals surface area contributed by atoms with E-state index in [0.29, 0.717) is 0 Å². The molecule has 0 spiro atoms. The second-order valence-electron chi connectivity index (χ2n) is 6.81. The third kappa shape index (κ3) is 3.39. The van der Waals surface area contributed by atoms with E-state index in [9.17, 15) is 0 Å². The van der Waals surface area contributed by atoms with E-state index < -0.39 is 0 Å². The van der Waals surface area contributed by atoms with Crippen molar-refractivity contribution in [2.45, 2.75) is 38.8 Å². The largest absolute Gasteiger partial charge is 0.358 e. The SMILES string of the molecule is CCCCSc1nnc(-c2ccc3[nH]c(C)c(C)c3c2)n1-c1ccccc1. The fourth-order valence-corrected chi connectivity index (χ4v) is 4.30. The lowest BCUT2D eigenvalue weighted by Crippen LogP contribution is -1.99. The number of benzene rings is 2. The molecule has 1 N–H and O–H groups in total. The molecule has 2 heterocycles. The van der Waals surface area contributed by atoms with Gasteiger partial charge < -0.3 is 4.98 Å². The van der Waals surface area contributed by atoms with Crippen molar-refractivity contribution in [3.63, 3.8) is 0 Å². The molecule has 0 aliphatic rings. The quantitative estimate of drug-likeness (QED) is 0.335. The molecule has 4 aromatic rings. The van der Waals surface area contributed by atoms with Crippen molar-refractivity contribution >= 4 is 22.7 Å². The van der Waals surface area contributed by atoms with Crippen LogP contribution in [-0.2, 0) is 0 Å². The summed E-state index contributed by atoms with van der Waals surface area (Å²) in [5, 5.41) is 11.3. The van der Waals surface area contributed by atoms with E-state index in [2.05, 4.69) is 83.0 Å². The van der Waals surface area contributed by atoms with Gasteiger partial charge in [0.05, 0.1) is 0 Å². The van der Waals surface area contributed by atoms with E-state index in [1.54, 1.807) is 11.8 Å². The van der Waals surface area contributed by atoms with Crippen LogP contribution >= 0.6 is 11.8 Å². The lowest BCUT2D eigenvalue weighted by molar-refractivity contribution is 0.865. The summed E-state index contributed by atoms with van der Waals surface area (Å²) in [7, 11) is 0. The van der Waals surface area contributed by atoms with Crippen molar-refractivity contribution < 1.29 is 0 Å². The van der Waals surface area contributed by atoms with Crippen molar-refractivity contribution in [1.29, 1.82) is 0 Å². The van der Waals surface area contributed by atoms with Gasteiger partial charge in [-0.3, -0.25) is 4.57 Å². The maximum atomic E-state index is 4.57. The standard InChI is InChI=1S/C22H24N4S/c1-4-5-13-27-22-25-24-21(26(22)18-9-7-6-8-10-18)17-11-12-20-19(14-17)15(2)16(3)23-20/h6-12,14,23H,4-5,13H2,1-3H3. The van der Waals surface area contributed by atoms with Gasteiger partial charge in [-0.1, -0.05) is 43.3 Å². The first-order valence-electron chi connectivity index (χ1n) is 9.42. The van der Waals surface area contributed by atoms with Crippen LogP contribution in [0.2, 0.25) is 0 Å². The second-order valence-corrected chi connectivity index (χ2v) is 7.88. The van der Waals surface area contributed by atoms with E-state index in [1.807, 2.05) is 6.07 Å². The minimum absolute atomic E-state index is 0.889. The van der Waals surface area contributed by atoms with Crippen LogP contribution in [0.5, 0.6) is 0 Å². The van der Waals surface area contributed by atoms with Crippen molar-refractivity contribution in [3.05, 3.63) is 59.8 Å². The monoisotopic (exact) mass is 376 g/mol. The average Bonchev–Trinajstić information content (AvgIpc) is 3.24. The summed E-state index contributed by atoms with van der Waals surface area (Å²) in [6.45, 7) is 6.49. The van der Waals surface area contributed by atoms with Gasteiger partial charge >= 0.3 is 0 Å². The average molecular weight is 377 g/mol. The van der Waals surface area contributed by atoms with Gasteiger partial charge in [-0.05, 0) is 56.2 Å². The normalized spacial score (nSPS) is 11.4. The number of thioether (sulfide) groups is 1. The summed E-state index contributed by atoms with van der Waals surface area (Å²) in [6.07, 6.45) is 2.36. The van der Waals surface area contributed by atoms with Gasteiger partial charge in [0.2, 0.25) is 0 Å². The Kier molecular flexibility index (Phi) is 5.03. The number of aromatic amines is 1. The summed E-state index contributed by atoms with van der Waals surface area (Å²) in [5.41, 5.74) is 5.84. The van der Waals surface area contributed by atoms with Crippen LogP contribution in [0, 0.1) is 13.8 Å². The Morgan fingerprint density at radius 3 is 2.63 bits per heavy atom. The number of nitrogens with zero attached hydrogens (tertiary/aromatic N) is 3. The van der Waals surface area contributed by atoms with Crippen molar-refractivity contribution in [2.24, 2.45) is 0 Å². The van der Waals surface area contributed by atoms with Crippen molar-refractivity contribution in [2.75, 3.05) is 5.75 Å². The third-order valence-corrected chi connectivity index (χ3v) is 5.96. The fraction of sp³-hybridized carbons (Fsp3) is 0.273. The van der Waals surface area contributed by atoms with Gasteiger partial charge in [-0.25, -0.2) is 0 Å². The van der Waals surface area contributed by atoms with Crippen molar-refractivity contribution in [1.82, 2.24) is 19.7 Å². The molecule has 2 aromatic carbocycles. The molecule has 0 unspecified atom stereocenters. The zero-order chi connectivity index (χ0) is 18.8. The Labute approximate surface area is 164 Å². The number of para-hydroxylation sites is 1. The van der Waals surface area contributed by atoms with Crippen LogP contribution in [0.3, 0.4) is 0 Å². The van der Waals surface area contributed by atoms with E-state index in [4.69, 9.17) is 0 Å². The van der Waals surface area contributed by atoms with E-state index in [1.165, 1.54) is 29.5 Å². The Hall–Kier alpha value is -2.53. The van der Waals surface area contributed by atoms with Gasteiger partial charge in [0.25, 0.3) is 0 Å². The third-order valence-electron chi connectivity index (χ3n) is 4.94.